The van der Waals surface area contributed by atoms with E-state index in [1.54, 1.807) is 0 Å². The second-order valence-corrected chi connectivity index (χ2v) is 4.16. The molecule has 0 bridgehead atoms. The van der Waals surface area contributed by atoms with Crippen molar-refractivity contribution in [2.75, 3.05) is 0 Å². The highest BCUT2D eigenvalue weighted by atomic mass is 127. The average molecular weight is 281 g/mol. The van der Waals surface area contributed by atoms with Gasteiger partial charge < -0.3 is 0 Å². The maximum atomic E-state index is 4.31. The van der Waals surface area contributed by atoms with Gasteiger partial charge in [0.05, 0.1) is 5.52 Å². The van der Waals surface area contributed by atoms with E-state index >= 15 is 0 Å². The zero-order valence-electron chi connectivity index (χ0n) is 7.42. The van der Waals surface area contributed by atoms with Crippen molar-refractivity contribution in [3.05, 3.63) is 34.0 Å². The van der Waals surface area contributed by atoms with Crippen molar-refractivity contribution in [1.82, 2.24) is 4.98 Å². The molecule has 1 aromatic heterocycles. The molecule has 0 saturated heterocycles. The molecular formula is C10H9BIN. The molecule has 1 aromatic carbocycles. The molecule has 0 atom stereocenters. The molecule has 0 saturated carbocycles. The van der Waals surface area contributed by atoms with Crippen LogP contribution in [0.1, 0.15) is 0 Å². The lowest BCUT2D eigenvalue weighted by molar-refractivity contribution is 1.40. The highest BCUT2D eigenvalue weighted by Crippen LogP contribution is 2.16. The summed E-state index contributed by atoms with van der Waals surface area (Å²) in [6.45, 7) is 2.17. The summed E-state index contributed by atoms with van der Waals surface area (Å²) in [6.07, 6.45) is 1.86. The Hall–Kier alpha value is -0.575. The van der Waals surface area contributed by atoms with Crippen LogP contribution in [0.15, 0.2) is 30.5 Å². The van der Waals surface area contributed by atoms with Crippen molar-refractivity contribution in [3.8, 4) is 0 Å². The largest absolute Gasteiger partial charge is 0.256 e. The van der Waals surface area contributed by atoms with Gasteiger partial charge in [0.2, 0.25) is 0 Å². The van der Waals surface area contributed by atoms with E-state index in [9.17, 15) is 0 Å². The number of fused-ring (bicyclic) bond motifs is 1. The third-order valence-corrected chi connectivity index (χ3v) is 3.10. The summed E-state index contributed by atoms with van der Waals surface area (Å²) in [5, 5.41) is 1.27. The number of aromatic nitrogens is 1. The number of hydrogen-bond donors (Lipinski definition) is 0. The van der Waals surface area contributed by atoms with E-state index in [2.05, 4.69) is 52.6 Å². The van der Waals surface area contributed by atoms with Gasteiger partial charge in [0.1, 0.15) is 0 Å². The monoisotopic (exact) mass is 281 g/mol. The quantitative estimate of drug-likeness (QED) is 0.575. The zero-order chi connectivity index (χ0) is 9.26. The lowest BCUT2D eigenvalue weighted by Gasteiger charge is -2.01. The van der Waals surface area contributed by atoms with Crippen LogP contribution in [0.4, 0.5) is 0 Å². The highest BCUT2D eigenvalue weighted by molar-refractivity contribution is 14.1. The normalized spacial score (nSPS) is 10.3. The number of rotatable bonds is 1. The average Bonchev–Trinajstić information content (AvgIpc) is 2.18. The molecule has 2 rings (SSSR count). The molecule has 64 valence electrons. The second-order valence-electron chi connectivity index (χ2n) is 3.00. The van der Waals surface area contributed by atoms with E-state index in [0.717, 1.165) is 12.8 Å². The van der Waals surface area contributed by atoms with Crippen molar-refractivity contribution < 1.29 is 0 Å². The summed E-state index contributed by atoms with van der Waals surface area (Å²) in [5.74, 6) is 0. The van der Waals surface area contributed by atoms with Crippen molar-refractivity contribution in [1.29, 1.82) is 0 Å². The summed E-state index contributed by atoms with van der Waals surface area (Å²) in [4.78, 5) is 4.31. The molecule has 1 heterocycles. The van der Waals surface area contributed by atoms with Gasteiger partial charge in [-0.25, -0.2) is 0 Å². The number of hydrogen-bond acceptors (Lipinski definition) is 1. The number of pyridine rings is 1. The van der Waals surface area contributed by atoms with Crippen LogP contribution >= 0.6 is 22.6 Å². The minimum atomic E-state index is 1.08. The Labute approximate surface area is 91.9 Å². The molecule has 2 aromatic rings. The molecule has 0 fully saturated rings. The van der Waals surface area contributed by atoms with E-state index in [4.69, 9.17) is 0 Å². The lowest BCUT2D eigenvalue weighted by atomic mass is 9.73. The minimum absolute atomic E-state index is 1.08. The molecule has 3 heteroatoms. The van der Waals surface area contributed by atoms with Crippen molar-refractivity contribution in [2.45, 2.75) is 6.82 Å². The van der Waals surface area contributed by atoms with Crippen molar-refractivity contribution >= 4 is 46.2 Å². The third-order valence-electron chi connectivity index (χ3n) is 2.16. The second kappa shape index (κ2) is 3.66. The molecule has 13 heavy (non-hydrogen) atoms. The van der Waals surface area contributed by atoms with Crippen molar-refractivity contribution in [2.24, 2.45) is 0 Å². The maximum absolute atomic E-state index is 4.31. The fourth-order valence-electron chi connectivity index (χ4n) is 1.38. The predicted octanol–water partition coefficient (Wildman–Crippen LogP) is 1.95. The maximum Gasteiger partial charge on any atom is 0.154 e. The molecule has 0 aliphatic carbocycles. The Kier molecular flexibility index (Phi) is 2.53. The lowest BCUT2D eigenvalue weighted by Crippen LogP contribution is -2.09. The van der Waals surface area contributed by atoms with Crippen LogP contribution < -0.4 is 5.46 Å². The zero-order valence-corrected chi connectivity index (χ0v) is 9.58. The van der Waals surface area contributed by atoms with E-state index in [-0.39, 0.29) is 0 Å². The van der Waals surface area contributed by atoms with Crippen LogP contribution in [0.25, 0.3) is 10.9 Å². The first-order valence-corrected chi connectivity index (χ1v) is 5.42. The molecule has 0 amide bonds. The Bertz CT molecular complexity index is 442. The summed E-state index contributed by atoms with van der Waals surface area (Å²) < 4.78 is 1.28. The molecule has 0 aliphatic rings. The molecule has 0 spiro atoms. The van der Waals surface area contributed by atoms with Gasteiger partial charge in [-0.1, -0.05) is 24.4 Å². The van der Waals surface area contributed by atoms with E-state index in [0.29, 0.717) is 0 Å². The van der Waals surface area contributed by atoms with Gasteiger partial charge in [-0.05, 0) is 34.7 Å². The van der Waals surface area contributed by atoms with Crippen LogP contribution in [-0.2, 0) is 0 Å². The van der Waals surface area contributed by atoms with Gasteiger partial charge in [-0.15, -0.1) is 0 Å². The van der Waals surface area contributed by atoms with E-state index in [1.807, 2.05) is 12.3 Å². The SMILES string of the molecule is CBc1ccc2nccc(I)c2c1. The smallest absolute Gasteiger partial charge is 0.154 e. The topological polar surface area (TPSA) is 12.9 Å². The first-order chi connectivity index (χ1) is 6.31. The van der Waals surface area contributed by atoms with Gasteiger partial charge in [0, 0.05) is 15.2 Å². The van der Waals surface area contributed by atoms with Gasteiger partial charge in [-0.3, -0.25) is 4.98 Å². The van der Waals surface area contributed by atoms with Gasteiger partial charge in [0.25, 0.3) is 0 Å². The van der Waals surface area contributed by atoms with Crippen LogP contribution in [0.3, 0.4) is 0 Å². The van der Waals surface area contributed by atoms with E-state index < -0.39 is 0 Å². The summed E-state index contributed by atoms with van der Waals surface area (Å²) in [5.41, 5.74) is 2.46. The summed E-state index contributed by atoms with van der Waals surface area (Å²) in [6, 6.07) is 8.51. The van der Waals surface area contributed by atoms with Crippen LogP contribution in [0.5, 0.6) is 0 Å². The van der Waals surface area contributed by atoms with Crippen LogP contribution in [-0.4, -0.2) is 12.3 Å². The van der Waals surface area contributed by atoms with Gasteiger partial charge in [0.15, 0.2) is 7.28 Å². The molecule has 0 radical (unpaired) electrons. The number of halogens is 1. The predicted molar refractivity (Wildman–Crippen MR) is 67.1 cm³/mol. The van der Waals surface area contributed by atoms with Crippen molar-refractivity contribution in [3.63, 3.8) is 0 Å². The highest BCUT2D eigenvalue weighted by Gasteiger charge is 1.99. The molecule has 0 N–H and O–H groups in total. The van der Waals surface area contributed by atoms with Gasteiger partial charge >= 0.3 is 0 Å². The fraction of sp³-hybridized carbons (Fsp3) is 0.100. The van der Waals surface area contributed by atoms with Crippen LogP contribution in [0.2, 0.25) is 6.82 Å². The van der Waals surface area contributed by atoms with E-state index in [1.165, 1.54) is 14.4 Å². The molecule has 1 nitrogen and oxygen atoms in total. The van der Waals surface area contributed by atoms with Crippen LogP contribution in [0, 0.1) is 3.57 Å². The fourth-order valence-corrected chi connectivity index (χ4v) is 1.97. The Morgan fingerprint density at radius 1 is 1.31 bits per heavy atom. The molecule has 0 aliphatic heterocycles. The third kappa shape index (κ3) is 1.70. The first kappa shape index (κ1) is 9.00. The van der Waals surface area contributed by atoms with Gasteiger partial charge in [-0.2, -0.15) is 0 Å². The summed E-state index contributed by atoms with van der Waals surface area (Å²) >= 11 is 2.35. The standard InChI is InChI=1S/C10H9BIN/c1-11-7-2-3-10-8(6-7)9(12)4-5-13-10/h2-6,11H,1H3. The molecular weight excluding hydrogens is 272 g/mol. The minimum Gasteiger partial charge on any atom is -0.256 e. The molecule has 0 unspecified atom stereocenters. The number of nitrogens with zero attached hydrogens (tertiary/aromatic N) is 1. The Morgan fingerprint density at radius 3 is 2.92 bits per heavy atom. The Morgan fingerprint density at radius 2 is 2.15 bits per heavy atom. The summed E-state index contributed by atoms with van der Waals surface area (Å²) in [7, 11) is 1.08. The Balaban J connectivity index is 2.74. The first-order valence-electron chi connectivity index (χ1n) is 4.34. The number of benzene rings is 1.